The summed E-state index contributed by atoms with van der Waals surface area (Å²) in [7, 11) is 0. The van der Waals surface area contributed by atoms with Gasteiger partial charge >= 0.3 is 6.03 Å². The van der Waals surface area contributed by atoms with Crippen LogP contribution < -0.4 is 11.1 Å². The van der Waals surface area contributed by atoms with Crippen molar-refractivity contribution in [2.75, 3.05) is 32.7 Å². The third-order valence-electron chi connectivity index (χ3n) is 4.38. The molecule has 3 amide bonds. The predicted octanol–water partition coefficient (Wildman–Crippen LogP) is 0.378. The van der Waals surface area contributed by atoms with Gasteiger partial charge in [-0.1, -0.05) is 13.3 Å². The van der Waals surface area contributed by atoms with E-state index in [1.54, 1.807) is 0 Å². The molecule has 0 aromatic carbocycles. The molecule has 2 rings (SSSR count). The fourth-order valence-electron chi connectivity index (χ4n) is 3.18. The highest BCUT2D eigenvalue weighted by atomic mass is 16.2. The third kappa shape index (κ3) is 3.23. The molecule has 2 heterocycles. The van der Waals surface area contributed by atoms with Crippen molar-refractivity contribution in [2.24, 2.45) is 11.7 Å². The predicted molar refractivity (Wildman–Crippen MR) is 77.2 cm³/mol. The molecule has 3 N–H and O–H groups in total. The van der Waals surface area contributed by atoms with Gasteiger partial charge in [0.05, 0.1) is 5.92 Å². The number of hydrogen-bond acceptors (Lipinski definition) is 3. The minimum Gasteiger partial charge on any atom is -0.342 e. The van der Waals surface area contributed by atoms with Crippen molar-refractivity contribution in [2.45, 2.75) is 38.6 Å². The zero-order chi connectivity index (χ0) is 14.5. The van der Waals surface area contributed by atoms with Gasteiger partial charge in [0.15, 0.2) is 0 Å². The van der Waals surface area contributed by atoms with Gasteiger partial charge in [-0.2, -0.15) is 0 Å². The summed E-state index contributed by atoms with van der Waals surface area (Å²) in [6, 6.07) is 0.324. The van der Waals surface area contributed by atoms with Crippen molar-refractivity contribution in [1.29, 1.82) is 0 Å². The molecule has 2 aliphatic rings. The number of hydrogen-bond donors (Lipinski definition) is 2. The van der Waals surface area contributed by atoms with E-state index in [2.05, 4.69) is 12.2 Å². The van der Waals surface area contributed by atoms with Crippen molar-refractivity contribution in [1.82, 2.24) is 15.1 Å². The van der Waals surface area contributed by atoms with Gasteiger partial charge in [0.2, 0.25) is 5.91 Å². The van der Waals surface area contributed by atoms with Crippen molar-refractivity contribution in [3.05, 3.63) is 0 Å². The first-order valence-corrected chi connectivity index (χ1v) is 7.70. The van der Waals surface area contributed by atoms with E-state index in [-0.39, 0.29) is 23.9 Å². The van der Waals surface area contributed by atoms with Crippen molar-refractivity contribution >= 4 is 11.9 Å². The average molecular weight is 282 g/mol. The van der Waals surface area contributed by atoms with Crippen molar-refractivity contribution in [3.8, 4) is 0 Å². The summed E-state index contributed by atoms with van der Waals surface area (Å²) in [6.07, 6.45) is 3.60. The summed E-state index contributed by atoms with van der Waals surface area (Å²) in [5.74, 6) is 0.158. The van der Waals surface area contributed by atoms with Crippen LogP contribution in [0, 0.1) is 5.92 Å². The van der Waals surface area contributed by atoms with E-state index in [0.29, 0.717) is 6.54 Å². The monoisotopic (exact) mass is 282 g/mol. The van der Waals surface area contributed by atoms with E-state index in [1.807, 2.05) is 9.80 Å². The molecule has 0 saturated carbocycles. The second-order valence-electron chi connectivity index (χ2n) is 5.70. The molecule has 2 saturated heterocycles. The lowest BCUT2D eigenvalue weighted by atomic mass is 9.98. The molecule has 1 unspecified atom stereocenters. The van der Waals surface area contributed by atoms with Gasteiger partial charge in [0, 0.05) is 38.8 Å². The summed E-state index contributed by atoms with van der Waals surface area (Å²) < 4.78 is 0. The largest absolute Gasteiger partial charge is 0.342 e. The maximum atomic E-state index is 12.4. The second-order valence-corrected chi connectivity index (χ2v) is 5.70. The number of urea groups is 1. The highest BCUT2D eigenvalue weighted by Crippen LogP contribution is 2.20. The van der Waals surface area contributed by atoms with Crippen LogP contribution in [0.4, 0.5) is 4.79 Å². The van der Waals surface area contributed by atoms with Crippen LogP contribution in [-0.4, -0.2) is 60.5 Å². The number of nitrogens with one attached hydrogen (secondary N) is 1. The third-order valence-corrected chi connectivity index (χ3v) is 4.38. The van der Waals surface area contributed by atoms with Gasteiger partial charge in [-0.15, -0.1) is 0 Å². The molecule has 0 aromatic heterocycles. The van der Waals surface area contributed by atoms with E-state index in [1.165, 1.54) is 0 Å². The number of carbonyl (C=O) groups excluding carboxylic acids is 2. The summed E-state index contributed by atoms with van der Waals surface area (Å²) in [6.45, 7) is 5.53. The standard InChI is InChI=1S/C14H26N4O2/c1-2-3-11(10-15)13(19)17-7-4-12(5-8-17)18-9-6-16-14(18)20/h11-12H,2-10,15H2,1H3,(H,16,20). The van der Waals surface area contributed by atoms with Crippen LogP contribution in [0.25, 0.3) is 0 Å². The maximum absolute atomic E-state index is 12.4. The molecule has 0 aliphatic carbocycles. The molecule has 6 heteroatoms. The average Bonchev–Trinajstić information content (AvgIpc) is 2.90. The molecule has 114 valence electrons. The Hall–Kier alpha value is -1.30. The molecule has 2 fully saturated rings. The lowest BCUT2D eigenvalue weighted by Gasteiger charge is -2.37. The molecule has 0 bridgehead atoms. The summed E-state index contributed by atoms with van der Waals surface area (Å²) >= 11 is 0. The normalized spacial score (nSPS) is 22.0. The maximum Gasteiger partial charge on any atom is 0.317 e. The van der Waals surface area contributed by atoms with E-state index < -0.39 is 0 Å². The molecule has 2 aliphatic heterocycles. The SMILES string of the molecule is CCCC(CN)C(=O)N1CCC(N2CCNC2=O)CC1. The number of likely N-dealkylation sites (tertiary alicyclic amines) is 1. The number of piperidine rings is 1. The minimum absolute atomic E-state index is 0.0355. The van der Waals surface area contributed by atoms with Gasteiger partial charge in [-0.3, -0.25) is 4.79 Å². The minimum atomic E-state index is -0.0355. The molecule has 0 spiro atoms. The fourth-order valence-corrected chi connectivity index (χ4v) is 3.18. The van der Waals surface area contributed by atoms with E-state index in [4.69, 9.17) is 5.73 Å². The zero-order valence-electron chi connectivity index (χ0n) is 12.3. The topological polar surface area (TPSA) is 78.7 Å². The number of carbonyl (C=O) groups is 2. The Bertz CT molecular complexity index is 353. The zero-order valence-corrected chi connectivity index (χ0v) is 12.3. The first kappa shape index (κ1) is 15.1. The van der Waals surface area contributed by atoms with Gasteiger partial charge in [0.1, 0.15) is 0 Å². The molecule has 20 heavy (non-hydrogen) atoms. The van der Waals surface area contributed by atoms with Gasteiger partial charge in [-0.05, 0) is 19.3 Å². The highest BCUT2D eigenvalue weighted by Gasteiger charge is 2.33. The van der Waals surface area contributed by atoms with Crippen LogP contribution in [0.1, 0.15) is 32.6 Å². The Morgan fingerprint density at radius 2 is 2.10 bits per heavy atom. The van der Waals surface area contributed by atoms with E-state index in [0.717, 1.165) is 51.9 Å². The van der Waals surface area contributed by atoms with Crippen LogP contribution in [0.15, 0.2) is 0 Å². The van der Waals surface area contributed by atoms with Gasteiger partial charge in [0.25, 0.3) is 0 Å². The smallest absolute Gasteiger partial charge is 0.317 e. The molecular formula is C14H26N4O2. The molecule has 0 radical (unpaired) electrons. The Morgan fingerprint density at radius 1 is 1.40 bits per heavy atom. The fraction of sp³-hybridized carbons (Fsp3) is 0.857. The molecule has 0 aromatic rings. The second kappa shape index (κ2) is 6.92. The van der Waals surface area contributed by atoms with E-state index in [9.17, 15) is 9.59 Å². The first-order valence-electron chi connectivity index (χ1n) is 7.70. The summed E-state index contributed by atoms with van der Waals surface area (Å²) in [4.78, 5) is 27.9. The van der Waals surface area contributed by atoms with Gasteiger partial charge in [-0.25, -0.2) is 4.79 Å². The Kier molecular flexibility index (Phi) is 5.23. The Balaban J connectivity index is 1.84. The Morgan fingerprint density at radius 3 is 2.60 bits per heavy atom. The highest BCUT2D eigenvalue weighted by molar-refractivity contribution is 5.79. The summed E-state index contributed by atoms with van der Waals surface area (Å²) in [5, 5.41) is 2.83. The first-order chi connectivity index (χ1) is 9.67. The van der Waals surface area contributed by atoms with E-state index >= 15 is 0 Å². The van der Waals surface area contributed by atoms with Crippen molar-refractivity contribution in [3.63, 3.8) is 0 Å². The van der Waals surface area contributed by atoms with Crippen LogP contribution in [0.2, 0.25) is 0 Å². The molecule has 6 nitrogen and oxygen atoms in total. The van der Waals surface area contributed by atoms with Crippen LogP contribution in [0.3, 0.4) is 0 Å². The number of nitrogens with two attached hydrogens (primary N) is 1. The van der Waals surface area contributed by atoms with Gasteiger partial charge < -0.3 is 20.9 Å². The number of amides is 3. The molecular weight excluding hydrogens is 256 g/mol. The van der Waals surface area contributed by atoms with Crippen LogP contribution >= 0.6 is 0 Å². The summed E-state index contributed by atoms with van der Waals surface area (Å²) in [5.41, 5.74) is 5.70. The molecule has 1 atom stereocenters. The lowest BCUT2D eigenvalue weighted by molar-refractivity contribution is -0.136. The van der Waals surface area contributed by atoms with Crippen LogP contribution in [-0.2, 0) is 4.79 Å². The van der Waals surface area contributed by atoms with Crippen molar-refractivity contribution < 1.29 is 9.59 Å². The lowest BCUT2D eigenvalue weighted by Crippen LogP contribution is -2.49. The van der Waals surface area contributed by atoms with Crippen LogP contribution in [0.5, 0.6) is 0 Å². The number of rotatable bonds is 5. The quantitative estimate of drug-likeness (QED) is 0.765. The Labute approximate surface area is 120 Å². The number of nitrogens with zero attached hydrogens (tertiary/aromatic N) is 2.